The van der Waals surface area contributed by atoms with Crippen molar-refractivity contribution in [2.24, 2.45) is 0 Å². The van der Waals surface area contributed by atoms with Gasteiger partial charge in [-0.15, -0.1) is 11.3 Å². The third kappa shape index (κ3) is 3.50. The molecule has 1 aromatic carbocycles. The van der Waals surface area contributed by atoms with Crippen molar-refractivity contribution in [2.45, 2.75) is 24.9 Å². The molecule has 2 heterocycles. The van der Waals surface area contributed by atoms with Crippen molar-refractivity contribution < 1.29 is 13.2 Å². The first-order chi connectivity index (χ1) is 11.4. The van der Waals surface area contributed by atoms with E-state index in [1.54, 1.807) is 12.1 Å². The molecule has 1 aliphatic heterocycles. The summed E-state index contributed by atoms with van der Waals surface area (Å²) in [5.41, 5.74) is 0.459. The third-order valence-corrected chi connectivity index (χ3v) is 5.34. The Kier molecular flexibility index (Phi) is 4.70. The first-order valence-electron chi connectivity index (χ1n) is 7.35. The van der Waals surface area contributed by atoms with Crippen LogP contribution in [0, 0.1) is 11.3 Å². The Bertz CT molecular complexity index is 782. The van der Waals surface area contributed by atoms with Gasteiger partial charge in [0.05, 0.1) is 15.6 Å². The van der Waals surface area contributed by atoms with Crippen LogP contribution in [0.15, 0.2) is 23.6 Å². The number of alkyl halides is 3. The van der Waals surface area contributed by atoms with E-state index in [1.165, 1.54) is 0 Å². The van der Waals surface area contributed by atoms with Gasteiger partial charge in [-0.1, -0.05) is 11.6 Å². The molecular formula is C16H13ClF3N3S. The molecule has 1 aromatic heterocycles. The van der Waals surface area contributed by atoms with Crippen LogP contribution in [0.5, 0.6) is 0 Å². The van der Waals surface area contributed by atoms with Gasteiger partial charge in [-0.25, -0.2) is 4.98 Å². The van der Waals surface area contributed by atoms with Gasteiger partial charge in [0.1, 0.15) is 6.07 Å². The topological polar surface area (TPSA) is 39.9 Å². The lowest BCUT2D eigenvalue weighted by molar-refractivity contribution is -0.140. The molecule has 0 aliphatic carbocycles. The largest absolute Gasteiger partial charge is 0.434 e. The van der Waals surface area contributed by atoms with E-state index in [2.05, 4.69) is 9.88 Å². The predicted octanol–water partition coefficient (Wildman–Crippen LogP) is 5.07. The molecule has 2 aromatic rings. The van der Waals surface area contributed by atoms with Crippen molar-refractivity contribution in [3.05, 3.63) is 44.9 Å². The molecular weight excluding hydrogens is 359 g/mol. The van der Waals surface area contributed by atoms with Crippen molar-refractivity contribution in [3.63, 3.8) is 0 Å². The van der Waals surface area contributed by atoms with Gasteiger partial charge in [0, 0.05) is 30.1 Å². The highest BCUT2D eigenvalue weighted by molar-refractivity contribution is 7.09. The van der Waals surface area contributed by atoms with Gasteiger partial charge in [0.25, 0.3) is 0 Å². The lowest BCUT2D eigenvalue weighted by Gasteiger charge is -2.33. The molecule has 0 saturated carbocycles. The Balaban J connectivity index is 1.78. The number of benzene rings is 1. The number of hydrogen-bond donors (Lipinski definition) is 0. The first-order valence-corrected chi connectivity index (χ1v) is 8.61. The lowest BCUT2D eigenvalue weighted by Crippen LogP contribution is -2.34. The molecule has 0 radical (unpaired) electrons. The zero-order chi connectivity index (χ0) is 17.3. The van der Waals surface area contributed by atoms with Crippen LogP contribution in [0.25, 0.3) is 0 Å². The predicted molar refractivity (Wildman–Crippen MR) is 87.5 cm³/mol. The van der Waals surface area contributed by atoms with Gasteiger partial charge in [-0.05, 0) is 31.0 Å². The molecule has 1 atom stereocenters. The average molecular weight is 372 g/mol. The summed E-state index contributed by atoms with van der Waals surface area (Å²) in [5, 5.41) is 10.9. The number of hydrogen-bond acceptors (Lipinski definition) is 4. The zero-order valence-electron chi connectivity index (χ0n) is 12.5. The number of nitrogens with zero attached hydrogens (tertiary/aromatic N) is 3. The first kappa shape index (κ1) is 17.1. The summed E-state index contributed by atoms with van der Waals surface area (Å²) in [6, 6.07) is 7.21. The van der Waals surface area contributed by atoms with Crippen molar-refractivity contribution in [1.29, 1.82) is 5.26 Å². The Morgan fingerprint density at radius 1 is 1.38 bits per heavy atom. The van der Waals surface area contributed by atoms with E-state index < -0.39 is 11.9 Å². The molecule has 0 amide bonds. The van der Waals surface area contributed by atoms with Gasteiger partial charge in [0.15, 0.2) is 5.69 Å². The quantitative estimate of drug-likeness (QED) is 0.739. The van der Waals surface area contributed by atoms with E-state index in [1.807, 2.05) is 12.1 Å². The Morgan fingerprint density at radius 2 is 2.17 bits per heavy atom. The highest BCUT2D eigenvalue weighted by atomic mass is 35.5. The van der Waals surface area contributed by atoms with Crippen LogP contribution in [-0.4, -0.2) is 18.1 Å². The second kappa shape index (κ2) is 6.61. The molecule has 1 aliphatic rings. The van der Waals surface area contributed by atoms with Gasteiger partial charge >= 0.3 is 6.18 Å². The maximum absolute atomic E-state index is 12.7. The number of halogens is 4. The van der Waals surface area contributed by atoms with E-state index in [-0.39, 0.29) is 5.92 Å². The van der Waals surface area contributed by atoms with Gasteiger partial charge in [-0.3, -0.25) is 0 Å². The molecule has 3 rings (SSSR count). The summed E-state index contributed by atoms with van der Waals surface area (Å²) in [6.45, 7) is 1.39. The number of piperidine rings is 1. The molecule has 1 saturated heterocycles. The van der Waals surface area contributed by atoms with E-state index in [0.717, 1.165) is 41.8 Å². The van der Waals surface area contributed by atoms with Gasteiger partial charge in [0.2, 0.25) is 0 Å². The summed E-state index contributed by atoms with van der Waals surface area (Å²) >= 11 is 7.13. The second-order valence-corrected chi connectivity index (χ2v) is 6.93. The maximum atomic E-state index is 12.7. The van der Waals surface area contributed by atoms with Crippen molar-refractivity contribution in [2.75, 3.05) is 18.0 Å². The van der Waals surface area contributed by atoms with E-state index >= 15 is 0 Å². The number of rotatable bonds is 2. The van der Waals surface area contributed by atoms with Crippen LogP contribution in [0.4, 0.5) is 18.9 Å². The summed E-state index contributed by atoms with van der Waals surface area (Å²) in [5.74, 6) is -0.0331. The minimum Gasteiger partial charge on any atom is -0.371 e. The Labute approximate surface area is 146 Å². The Hall–Kier alpha value is -1.78. The summed E-state index contributed by atoms with van der Waals surface area (Å²) in [6.07, 6.45) is -2.72. The fourth-order valence-corrected chi connectivity index (χ4v) is 3.98. The molecule has 0 N–H and O–H groups in total. The standard InChI is InChI=1S/C16H13ClF3N3S/c17-13-6-12(4-3-10(13)7-21)23-5-1-2-11(8-23)15-22-14(9-24-15)16(18,19)20/h3-4,6,9,11H,1-2,5,8H2. The van der Waals surface area contributed by atoms with Crippen LogP contribution in [0.3, 0.4) is 0 Å². The molecule has 0 bridgehead atoms. The highest BCUT2D eigenvalue weighted by Crippen LogP contribution is 2.36. The summed E-state index contributed by atoms with van der Waals surface area (Å²) in [7, 11) is 0. The molecule has 3 nitrogen and oxygen atoms in total. The van der Waals surface area contributed by atoms with Crippen molar-refractivity contribution in [3.8, 4) is 6.07 Å². The van der Waals surface area contributed by atoms with E-state index in [0.29, 0.717) is 22.1 Å². The van der Waals surface area contributed by atoms with Crippen LogP contribution < -0.4 is 4.90 Å². The third-order valence-electron chi connectivity index (χ3n) is 4.02. The van der Waals surface area contributed by atoms with Gasteiger partial charge < -0.3 is 4.90 Å². The normalized spacial score (nSPS) is 18.5. The molecule has 126 valence electrons. The Morgan fingerprint density at radius 3 is 2.79 bits per heavy atom. The summed E-state index contributed by atoms with van der Waals surface area (Å²) < 4.78 is 38.2. The van der Waals surface area contributed by atoms with Crippen molar-refractivity contribution >= 4 is 28.6 Å². The van der Waals surface area contributed by atoms with Gasteiger partial charge in [-0.2, -0.15) is 18.4 Å². The highest BCUT2D eigenvalue weighted by Gasteiger charge is 2.35. The molecule has 8 heteroatoms. The van der Waals surface area contributed by atoms with E-state index in [9.17, 15) is 13.2 Å². The minimum absolute atomic E-state index is 0.0331. The monoisotopic (exact) mass is 371 g/mol. The molecule has 0 spiro atoms. The number of thiazole rings is 1. The van der Waals surface area contributed by atoms with Crippen LogP contribution in [-0.2, 0) is 6.18 Å². The van der Waals surface area contributed by atoms with E-state index in [4.69, 9.17) is 16.9 Å². The van der Waals surface area contributed by atoms with Crippen LogP contribution in [0.2, 0.25) is 5.02 Å². The summed E-state index contributed by atoms with van der Waals surface area (Å²) in [4.78, 5) is 5.86. The fourth-order valence-electron chi connectivity index (χ4n) is 2.81. The zero-order valence-corrected chi connectivity index (χ0v) is 14.0. The van der Waals surface area contributed by atoms with Crippen molar-refractivity contribution in [1.82, 2.24) is 4.98 Å². The fraction of sp³-hybridized carbons (Fsp3) is 0.375. The van der Waals surface area contributed by atoms with Crippen LogP contribution >= 0.6 is 22.9 Å². The average Bonchev–Trinajstić information content (AvgIpc) is 3.05. The smallest absolute Gasteiger partial charge is 0.371 e. The van der Waals surface area contributed by atoms with Crippen LogP contribution in [0.1, 0.15) is 35.0 Å². The number of aromatic nitrogens is 1. The molecule has 1 unspecified atom stereocenters. The maximum Gasteiger partial charge on any atom is 0.434 e. The minimum atomic E-state index is -4.40. The number of nitriles is 1. The molecule has 24 heavy (non-hydrogen) atoms. The SMILES string of the molecule is N#Cc1ccc(N2CCCC(c3nc(C(F)(F)F)cs3)C2)cc1Cl. The molecule has 1 fully saturated rings. The number of anilines is 1. The second-order valence-electron chi connectivity index (χ2n) is 5.63. The lowest BCUT2D eigenvalue weighted by atomic mass is 9.98.